The summed E-state index contributed by atoms with van der Waals surface area (Å²) in [5.41, 5.74) is 7.06. The zero-order chi connectivity index (χ0) is 16.0. The minimum atomic E-state index is 1.02. The molecule has 0 aliphatic carbocycles. The van der Waals surface area contributed by atoms with Gasteiger partial charge in [-0.25, -0.2) is 4.98 Å². The molecule has 0 atom stereocenters. The average Bonchev–Trinajstić information content (AvgIpc) is 2.54. The molecule has 23 heavy (non-hydrogen) atoms. The van der Waals surface area contributed by atoms with E-state index >= 15 is 0 Å². The van der Waals surface area contributed by atoms with E-state index in [0.717, 1.165) is 26.3 Å². The second-order valence-corrected chi connectivity index (χ2v) is 6.84. The summed E-state index contributed by atoms with van der Waals surface area (Å²) >= 11 is 3.75. The third-order valence-electron chi connectivity index (χ3n) is 4.17. The Labute approximate surface area is 144 Å². The Bertz CT molecular complexity index is 1030. The molecule has 0 aliphatic rings. The van der Waals surface area contributed by atoms with Crippen LogP contribution in [0.3, 0.4) is 0 Å². The van der Waals surface area contributed by atoms with E-state index in [-0.39, 0.29) is 0 Å². The molecule has 0 spiro atoms. The lowest BCUT2D eigenvalue weighted by atomic mass is 9.99. The zero-order valence-corrected chi connectivity index (χ0v) is 14.7. The molecule has 0 saturated heterocycles. The van der Waals surface area contributed by atoms with E-state index < -0.39 is 0 Å². The third kappa shape index (κ3) is 2.53. The van der Waals surface area contributed by atoms with Crippen LogP contribution < -0.4 is 0 Å². The van der Waals surface area contributed by atoms with Gasteiger partial charge in [0.1, 0.15) is 0 Å². The molecule has 2 heteroatoms. The second-order valence-electron chi connectivity index (χ2n) is 6.05. The number of rotatable bonds is 1. The Morgan fingerprint density at radius 2 is 1.39 bits per heavy atom. The first kappa shape index (κ1) is 14.4. The lowest BCUT2D eigenvalue weighted by Gasteiger charge is -2.09. The molecule has 0 radical (unpaired) electrons. The molecule has 4 aromatic rings. The maximum Gasteiger partial charge on any atom is 0.0727 e. The highest BCUT2D eigenvalue weighted by molar-refractivity contribution is 9.10. The van der Waals surface area contributed by atoms with E-state index in [4.69, 9.17) is 4.98 Å². The van der Waals surface area contributed by atoms with Gasteiger partial charge in [0.15, 0.2) is 0 Å². The zero-order valence-electron chi connectivity index (χ0n) is 13.1. The maximum atomic E-state index is 4.84. The Balaban J connectivity index is 1.99. The van der Waals surface area contributed by atoms with Crippen molar-refractivity contribution in [2.75, 3.05) is 0 Å². The van der Waals surface area contributed by atoms with Crippen molar-refractivity contribution >= 4 is 37.7 Å². The van der Waals surface area contributed by atoms with Crippen molar-refractivity contribution < 1.29 is 0 Å². The van der Waals surface area contributed by atoms with E-state index in [1.807, 2.05) is 12.1 Å². The van der Waals surface area contributed by atoms with Crippen LogP contribution in [0.1, 0.15) is 11.1 Å². The van der Waals surface area contributed by atoms with Crippen molar-refractivity contribution in [2.45, 2.75) is 13.8 Å². The Morgan fingerprint density at radius 1 is 0.696 bits per heavy atom. The molecule has 3 aromatic carbocycles. The number of fused-ring (bicyclic) bond motifs is 2. The lowest BCUT2D eigenvalue weighted by molar-refractivity contribution is 1.38. The van der Waals surface area contributed by atoms with E-state index in [1.165, 1.54) is 22.3 Å². The number of halogens is 1. The van der Waals surface area contributed by atoms with Gasteiger partial charge in [0.2, 0.25) is 0 Å². The molecule has 0 aliphatic heterocycles. The molecule has 0 fully saturated rings. The van der Waals surface area contributed by atoms with Gasteiger partial charge in [-0.15, -0.1) is 0 Å². The van der Waals surface area contributed by atoms with Crippen molar-refractivity contribution in [2.24, 2.45) is 0 Å². The molecule has 1 nitrogen and oxygen atoms in total. The van der Waals surface area contributed by atoms with Crippen molar-refractivity contribution in [3.63, 3.8) is 0 Å². The number of hydrogen-bond acceptors (Lipinski definition) is 1. The summed E-state index contributed by atoms with van der Waals surface area (Å²) in [6, 6.07) is 21.4. The standard InChI is InChI=1S/C21H16BrN/c1-13-9-14(2)11-16(10-13)15-7-8-18-20(12-15)23-19-6-4-3-5-17(19)21(18)22/h3-12H,1-2H3. The number of aromatic nitrogens is 1. The first-order chi connectivity index (χ1) is 11.1. The summed E-state index contributed by atoms with van der Waals surface area (Å²) in [5.74, 6) is 0. The highest BCUT2D eigenvalue weighted by Gasteiger charge is 2.08. The van der Waals surface area contributed by atoms with Crippen molar-refractivity contribution in [3.8, 4) is 11.1 Å². The van der Waals surface area contributed by atoms with Gasteiger partial charge in [-0.2, -0.15) is 0 Å². The Hall–Kier alpha value is -2.19. The van der Waals surface area contributed by atoms with Gasteiger partial charge in [-0.1, -0.05) is 59.7 Å². The predicted octanol–water partition coefficient (Wildman–Crippen LogP) is 6.43. The topological polar surface area (TPSA) is 12.9 Å². The highest BCUT2D eigenvalue weighted by atomic mass is 79.9. The molecule has 1 heterocycles. The minimum Gasteiger partial charge on any atom is -0.248 e. The van der Waals surface area contributed by atoms with Gasteiger partial charge in [-0.3, -0.25) is 0 Å². The monoisotopic (exact) mass is 361 g/mol. The van der Waals surface area contributed by atoms with Crippen LogP contribution in [0.4, 0.5) is 0 Å². The van der Waals surface area contributed by atoms with Crippen LogP contribution in [0.25, 0.3) is 32.9 Å². The fraction of sp³-hybridized carbons (Fsp3) is 0.0952. The van der Waals surface area contributed by atoms with Crippen molar-refractivity contribution in [1.29, 1.82) is 0 Å². The summed E-state index contributed by atoms with van der Waals surface area (Å²) in [6.45, 7) is 4.28. The summed E-state index contributed by atoms with van der Waals surface area (Å²) < 4.78 is 1.12. The quantitative estimate of drug-likeness (QED) is 0.355. The van der Waals surface area contributed by atoms with Crippen LogP contribution in [0, 0.1) is 13.8 Å². The van der Waals surface area contributed by atoms with Gasteiger partial charge in [0.05, 0.1) is 11.0 Å². The summed E-state index contributed by atoms with van der Waals surface area (Å²) in [5, 5.41) is 2.30. The van der Waals surface area contributed by atoms with E-state index in [2.05, 4.69) is 78.3 Å². The molecule has 0 saturated carbocycles. The molecule has 0 N–H and O–H groups in total. The molecular weight excluding hydrogens is 346 g/mol. The number of hydrogen-bond donors (Lipinski definition) is 0. The molecular formula is C21H16BrN. The van der Waals surface area contributed by atoms with Crippen LogP contribution in [0.15, 0.2) is 65.1 Å². The highest BCUT2D eigenvalue weighted by Crippen LogP contribution is 2.33. The largest absolute Gasteiger partial charge is 0.248 e. The van der Waals surface area contributed by atoms with Crippen LogP contribution in [-0.4, -0.2) is 4.98 Å². The first-order valence-electron chi connectivity index (χ1n) is 7.68. The van der Waals surface area contributed by atoms with E-state index in [1.54, 1.807) is 0 Å². The lowest BCUT2D eigenvalue weighted by Crippen LogP contribution is -1.87. The van der Waals surface area contributed by atoms with Crippen LogP contribution in [-0.2, 0) is 0 Å². The molecule has 1 aromatic heterocycles. The van der Waals surface area contributed by atoms with Crippen LogP contribution >= 0.6 is 15.9 Å². The fourth-order valence-corrected chi connectivity index (χ4v) is 3.83. The number of aryl methyl sites for hydroxylation is 2. The molecule has 0 amide bonds. The summed E-state index contributed by atoms with van der Waals surface area (Å²) in [7, 11) is 0. The number of nitrogens with zero attached hydrogens (tertiary/aromatic N) is 1. The predicted molar refractivity (Wildman–Crippen MR) is 102 cm³/mol. The summed E-state index contributed by atoms with van der Waals surface area (Å²) in [6.07, 6.45) is 0. The normalized spacial score (nSPS) is 11.3. The Kier molecular flexibility index (Phi) is 3.42. The van der Waals surface area contributed by atoms with Gasteiger partial charge in [0.25, 0.3) is 0 Å². The van der Waals surface area contributed by atoms with Crippen LogP contribution in [0.2, 0.25) is 0 Å². The van der Waals surface area contributed by atoms with Crippen LogP contribution in [0.5, 0.6) is 0 Å². The maximum absolute atomic E-state index is 4.84. The SMILES string of the molecule is Cc1cc(C)cc(-c2ccc3c(Br)c4ccccc4nc3c2)c1. The van der Waals surface area contributed by atoms with Crippen molar-refractivity contribution in [3.05, 3.63) is 76.3 Å². The second kappa shape index (κ2) is 5.47. The molecule has 0 unspecified atom stereocenters. The van der Waals surface area contributed by atoms with Gasteiger partial charge in [-0.05, 0) is 53.0 Å². The Morgan fingerprint density at radius 3 is 2.17 bits per heavy atom. The third-order valence-corrected chi connectivity index (χ3v) is 5.02. The van der Waals surface area contributed by atoms with E-state index in [0.29, 0.717) is 0 Å². The molecule has 112 valence electrons. The molecule has 4 rings (SSSR count). The first-order valence-corrected chi connectivity index (χ1v) is 8.48. The fourth-order valence-electron chi connectivity index (χ4n) is 3.16. The van der Waals surface area contributed by atoms with Gasteiger partial charge < -0.3 is 0 Å². The number of pyridine rings is 1. The van der Waals surface area contributed by atoms with Gasteiger partial charge >= 0.3 is 0 Å². The van der Waals surface area contributed by atoms with Crippen molar-refractivity contribution in [1.82, 2.24) is 4.98 Å². The average molecular weight is 362 g/mol. The number of benzene rings is 3. The number of para-hydroxylation sites is 1. The minimum absolute atomic E-state index is 1.02. The van der Waals surface area contributed by atoms with Gasteiger partial charge in [0, 0.05) is 15.2 Å². The molecule has 0 bridgehead atoms. The smallest absolute Gasteiger partial charge is 0.0727 e. The van der Waals surface area contributed by atoms with E-state index in [9.17, 15) is 0 Å². The summed E-state index contributed by atoms with van der Waals surface area (Å²) in [4.78, 5) is 4.84.